The van der Waals surface area contributed by atoms with Gasteiger partial charge in [0.2, 0.25) is 0 Å². The maximum absolute atomic E-state index is 14.6. The number of hydrogen-bond acceptors (Lipinski definition) is 6. The van der Waals surface area contributed by atoms with Gasteiger partial charge in [0.1, 0.15) is 28.9 Å². The Hall–Kier alpha value is -1.71. The molecule has 2 aliphatic heterocycles. The van der Waals surface area contributed by atoms with Crippen LogP contribution in [0.4, 0.5) is 8.78 Å². The Bertz CT molecular complexity index is 936. The Morgan fingerprint density at radius 3 is 2.90 bits per heavy atom. The highest BCUT2D eigenvalue weighted by molar-refractivity contribution is 7.99. The van der Waals surface area contributed by atoms with Crippen molar-refractivity contribution < 1.29 is 18.3 Å². The van der Waals surface area contributed by atoms with Gasteiger partial charge in [-0.15, -0.1) is 0 Å². The average molecular weight is 440 g/mol. The second kappa shape index (κ2) is 9.62. The molecule has 1 aromatic carbocycles. The van der Waals surface area contributed by atoms with Gasteiger partial charge in [0.15, 0.2) is 0 Å². The molecule has 3 heterocycles. The number of rotatable bonds is 6. The molecule has 2 saturated heterocycles. The van der Waals surface area contributed by atoms with Crippen LogP contribution in [0.15, 0.2) is 16.9 Å². The first kappa shape index (κ1) is 21.5. The van der Waals surface area contributed by atoms with Crippen molar-refractivity contribution in [1.29, 1.82) is 0 Å². The Balaban J connectivity index is 1.47. The van der Waals surface area contributed by atoms with E-state index in [9.17, 15) is 13.6 Å². The zero-order valence-electron chi connectivity index (χ0n) is 17.0. The van der Waals surface area contributed by atoms with Crippen molar-refractivity contribution in [3.8, 4) is 5.75 Å². The first-order valence-electron chi connectivity index (χ1n) is 10.4. The zero-order chi connectivity index (χ0) is 21.1. The number of likely N-dealkylation sites (tertiary alicyclic amines) is 1. The summed E-state index contributed by atoms with van der Waals surface area (Å²) in [5, 5.41) is 0.388. The second-order valence-corrected chi connectivity index (χ2v) is 9.36. The van der Waals surface area contributed by atoms with Crippen molar-refractivity contribution >= 4 is 22.7 Å². The predicted molar refractivity (Wildman–Crippen MR) is 113 cm³/mol. The highest BCUT2D eigenvalue weighted by Crippen LogP contribution is 2.27. The van der Waals surface area contributed by atoms with Gasteiger partial charge in [0.25, 0.3) is 5.56 Å². The lowest BCUT2D eigenvalue weighted by molar-refractivity contribution is 0.0695. The van der Waals surface area contributed by atoms with Crippen LogP contribution in [0.5, 0.6) is 5.75 Å². The molecule has 2 fully saturated rings. The summed E-state index contributed by atoms with van der Waals surface area (Å²) in [7, 11) is 1.89. The molecular weight excluding hydrogens is 412 g/mol. The van der Waals surface area contributed by atoms with Crippen LogP contribution in [0.3, 0.4) is 0 Å². The fourth-order valence-electron chi connectivity index (χ4n) is 3.94. The number of fused-ring (bicyclic) bond motifs is 1. The summed E-state index contributed by atoms with van der Waals surface area (Å²) in [5.74, 6) is 0.423. The fraction of sp³-hybridized carbons (Fsp3) is 0.619. The Kier molecular flexibility index (Phi) is 6.90. The van der Waals surface area contributed by atoms with Gasteiger partial charge in [-0.2, -0.15) is 11.8 Å². The number of H-pyrrole nitrogens is 1. The maximum atomic E-state index is 14.6. The summed E-state index contributed by atoms with van der Waals surface area (Å²) < 4.78 is 39.9. The standard InChI is InChI=1S/C21H27F2N3O3S/c1-26-5-2-13(17(23)10-26)11-29-14-8-16(22)20-18(9-14)24-19(25-21(20)27)12-30-15-3-6-28-7-4-15/h8-9,13,15,17H,2-7,10-12H2,1H3,(H,24,25,27). The molecule has 0 saturated carbocycles. The van der Waals surface area contributed by atoms with Gasteiger partial charge in [-0.25, -0.2) is 13.8 Å². The number of aromatic amines is 1. The molecule has 4 rings (SSSR count). The van der Waals surface area contributed by atoms with Crippen molar-refractivity contribution in [3.05, 3.63) is 34.1 Å². The van der Waals surface area contributed by atoms with Crippen LogP contribution in [0.2, 0.25) is 0 Å². The van der Waals surface area contributed by atoms with E-state index in [2.05, 4.69) is 9.97 Å². The summed E-state index contributed by atoms with van der Waals surface area (Å²) >= 11 is 1.72. The van der Waals surface area contributed by atoms with E-state index >= 15 is 0 Å². The first-order valence-corrected chi connectivity index (χ1v) is 11.4. The average Bonchev–Trinajstić information content (AvgIpc) is 2.72. The number of nitrogens with one attached hydrogen (secondary N) is 1. The molecule has 2 unspecified atom stereocenters. The molecule has 2 aliphatic rings. The molecule has 30 heavy (non-hydrogen) atoms. The number of nitrogens with zero attached hydrogens (tertiary/aromatic N) is 2. The normalized spacial score (nSPS) is 23.7. The highest BCUT2D eigenvalue weighted by Gasteiger charge is 2.28. The third-order valence-electron chi connectivity index (χ3n) is 5.75. The monoisotopic (exact) mass is 439 g/mol. The first-order chi connectivity index (χ1) is 14.5. The van der Waals surface area contributed by atoms with Gasteiger partial charge in [-0.05, 0) is 32.9 Å². The minimum Gasteiger partial charge on any atom is -0.493 e. The summed E-state index contributed by atoms with van der Waals surface area (Å²) in [6.07, 6.45) is 1.67. The molecule has 6 nitrogen and oxygen atoms in total. The van der Waals surface area contributed by atoms with Gasteiger partial charge in [-0.1, -0.05) is 0 Å². The number of benzene rings is 1. The molecule has 164 valence electrons. The number of hydrogen-bond donors (Lipinski definition) is 1. The van der Waals surface area contributed by atoms with E-state index in [1.165, 1.54) is 6.07 Å². The van der Waals surface area contributed by atoms with E-state index in [4.69, 9.17) is 9.47 Å². The maximum Gasteiger partial charge on any atom is 0.261 e. The molecule has 9 heteroatoms. The van der Waals surface area contributed by atoms with Crippen molar-refractivity contribution in [3.63, 3.8) is 0 Å². The third kappa shape index (κ3) is 5.12. The lowest BCUT2D eigenvalue weighted by Gasteiger charge is -2.32. The van der Waals surface area contributed by atoms with Crippen molar-refractivity contribution in [2.75, 3.05) is 40.0 Å². The number of ether oxygens (including phenoxy) is 2. The smallest absolute Gasteiger partial charge is 0.261 e. The van der Waals surface area contributed by atoms with Crippen molar-refractivity contribution in [1.82, 2.24) is 14.9 Å². The molecule has 0 amide bonds. The minimum absolute atomic E-state index is 0.0789. The summed E-state index contributed by atoms with van der Waals surface area (Å²) in [6.45, 7) is 2.87. The lowest BCUT2D eigenvalue weighted by atomic mass is 9.96. The van der Waals surface area contributed by atoms with Gasteiger partial charge in [0, 0.05) is 43.1 Å². The molecule has 2 aromatic rings. The van der Waals surface area contributed by atoms with Crippen molar-refractivity contribution in [2.24, 2.45) is 5.92 Å². The molecule has 2 atom stereocenters. The van der Waals surface area contributed by atoms with Crippen LogP contribution in [-0.2, 0) is 10.5 Å². The summed E-state index contributed by atoms with van der Waals surface area (Å²) in [6, 6.07) is 2.75. The molecule has 0 bridgehead atoms. The van der Waals surface area contributed by atoms with E-state index in [0.717, 1.165) is 32.6 Å². The van der Waals surface area contributed by atoms with Crippen LogP contribution in [0.25, 0.3) is 10.9 Å². The van der Waals surface area contributed by atoms with Crippen LogP contribution < -0.4 is 10.3 Å². The quantitative estimate of drug-likeness (QED) is 0.746. The van der Waals surface area contributed by atoms with E-state index in [0.29, 0.717) is 29.8 Å². The van der Waals surface area contributed by atoms with Gasteiger partial charge >= 0.3 is 0 Å². The predicted octanol–water partition coefficient (Wildman–Crippen LogP) is 3.14. The number of aromatic nitrogens is 2. The number of halogens is 2. The number of piperidine rings is 1. The largest absolute Gasteiger partial charge is 0.493 e. The molecule has 1 N–H and O–H groups in total. The van der Waals surface area contributed by atoms with Crippen LogP contribution in [-0.4, -0.2) is 66.2 Å². The Labute approximate surface area is 178 Å². The van der Waals surface area contributed by atoms with Crippen LogP contribution in [0, 0.1) is 11.7 Å². The molecular formula is C21H27F2N3O3S. The molecule has 0 radical (unpaired) electrons. The topological polar surface area (TPSA) is 67.5 Å². The molecule has 0 aliphatic carbocycles. The van der Waals surface area contributed by atoms with Crippen LogP contribution in [0.1, 0.15) is 25.1 Å². The van der Waals surface area contributed by atoms with E-state index < -0.39 is 17.5 Å². The zero-order valence-corrected chi connectivity index (χ0v) is 17.9. The third-order valence-corrected chi connectivity index (χ3v) is 7.13. The highest BCUT2D eigenvalue weighted by atomic mass is 32.2. The van der Waals surface area contributed by atoms with Gasteiger partial charge < -0.3 is 19.4 Å². The van der Waals surface area contributed by atoms with E-state index in [1.54, 1.807) is 17.8 Å². The van der Waals surface area contributed by atoms with E-state index in [-0.39, 0.29) is 29.2 Å². The number of thioether (sulfide) groups is 1. The summed E-state index contributed by atoms with van der Waals surface area (Å²) in [5.41, 5.74) is -0.234. The fourth-order valence-corrected chi connectivity index (χ4v) is 4.99. The summed E-state index contributed by atoms with van der Waals surface area (Å²) in [4.78, 5) is 21.5. The number of alkyl halides is 1. The van der Waals surface area contributed by atoms with E-state index in [1.807, 2.05) is 11.9 Å². The van der Waals surface area contributed by atoms with Crippen molar-refractivity contribution in [2.45, 2.75) is 36.4 Å². The van der Waals surface area contributed by atoms with Gasteiger partial charge in [-0.3, -0.25) is 4.79 Å². The minimum atomic E-state index is -0.969. The second-order valence-electron chi connectivity index (χ2n) is 8.07. The molecule has 1 aromatic heterocycles. The Morgan fingerprint density at radius 2 is 2.13 bits per heavy atom. The van der Waals surface area contributed by atoms with Crippen LogP contribution >= 0.6 is 11.8 Å². The SMILES string of the molecule is CN1CCC(COc2cc(F)c3c(=O)[nH]c(CSC4CCOCC4)nc3c2)C(F)C1. The Morgan fingerprint density at radius 1 is 1.33 bits per heavy atom. The van der Waals surface area contributed by atoms with Gasteiger partial charge in [0.05, 0.1) is 17.9 Å². The molecule has 0 spiro atoms. The lowest BCUT2D eigenvalue weighted by Crippen LogP contribution is -2.41.